The zero-order valence-electron chi connectivity index (χ0n) is 19.1. The molecule has 2 aromatic carbocycles. The molecule has 0 spiro atoms. The molecule has 2 fully saturated rings. The minimum Gasteiger partial charge on any atom is -0.252 e. The first-order chi connectivity index (χ1) is 16.3. The van der Waals surface area contributed by atoms with Crippen LogP contribution in [0, 0.1) is 11.6 Å². The molecule has 9 heteroatoms. The molecule has 1 aliphatic carbocycles. The van der Waals surface area contributed by atoms with Crippen molar-refractivity contribution >= 4 is 10.0 Å². The summed E-state index contributed by atoms with van der Waals surface area (Å²) in [5, 5.41) is 3.45. The highest BCUT2D eigenvalue weighted by Crippen LogP contribution is 2.46. The lowest BCUT2D eigenvalue weighted by atomic mass is 9.64. The van der Waals surface area contributed by atoms with Gasteiger partial charge in [0, 0.05) is 23.6 Å². The van der Waals surface area contributed by atoms with Crippen molar-refractivity contribution < 1.29 is 17.2 Å². The highest BCUT2D eigenvalue weighted by molar-refractivity contribution is 7.89. The van der Waals surface area contributed by atoms with Gasteiger partial charge in [0.1, 0.15) is 29.5 Å². The molecule has 3 aromatic rings. The SMILES string of the molecule is C[C@H]1CCC(c2ccccc2)S(=O)(=O)N1Cc1cc(F)c(C2(Cn3cncn3)CCC2)cc1F. The number of hydrogen-bond donors (Lipinski definition) is 0. The molecule has 0 amide bonds. The van der Waals surface area contributed by atoms with Crippen LogP contribution >= 0.6 is 0 Å². The molecule has 1 saturated carbocycles. The Balaban J connectivity index is 1.44. The van der Waals surface area contributed by atoms with Crippen LogP contribution < -0.4 is 0 Å². The molecule has 180 valence electrons. The Morgan fingerprint density at radius 3 is 2.50 bits per heavy atom. The fourth-order valence-corrected chi connectivity index (χ4v) is 7.56. The van der Waals surface area contributed by atoms with Gasteiger partial charge in [-0.05, 0) is 55.9 Å². The highest BCUT2D eigenvalue weighted by atomic mass is 32.2. The van der Waals surface area contributed by atoms with Crippen LogP contribution in [0.5, 0.6) is 0 Å². The van der Waals surface area contributed by atoms with Crippen molar-refractivity contribution in [2.24, 2.45) is 0 Å². The van der Waals surface area contributed by atoms with E-state index in [-0.39, 0.29) is 18.2 Å². The molecule has 0 radical (unpaired) electrons. The number of benzene rings is 2. The van der Waals surface area contributed by atoms with E-state index in [4.69, 9.17) is 0 Å². The van der Waals surface area contributed by atoms with Gasteiger partial charge in [0.2, 0.25) is 10.0 Å². The number of halogens is 2. The predicted octanol–water partition coefficient (Wildman–Crippen LogP) is 4.73. The summed E-state index contributed by atoms with van der Waals surface area (Å²) in [5.74, 6) is -1.08. The minimum absolute atomic E-state index is 0.0561. The van der Waals surface area contributed by atoms with Gasteiger partial charge in [0.25, 0.3) is 0 Å². The van der Waals surface area contributed by atoms with E-state index in [1.807, 2.05) is 25.1 Å². The summed E-state index contributed by atoms with van der Waals surface area (Å²) in [6, 6.07) is 11.2. The van der Waals surface area contributed by atoms with Gasteiger partial charge in [-0.2, -0.15) is 9.40 Å². The number of hydrogen-bond acceptors (Lipinski definition) is 4. The van der Waals surface area contributed by atoms with Crippen LogP contribution in [0.1, 0.15) is 61.0 Å². The lowest BCUT2D eigenvalue weighted by Gasteiger charge is -2.42. The maximum absolute atomic E-state index is 15.4. The van der Waals surface area contributed by atoms with Crippen LogP contribution in [0.2, 0.25) is 0 Å². The molecule has 2 atom stereocenters. The average Bonchev–Trinajstić information content (AvgIpc) is 3.29. The Morgan fingerprint density at radius 2 is 1.85 bits per heavy atom. The second-order valence-electron chi connectivity index (χ2n) is 9.57. The third-order valence-corrected chi connectivity index (χ3v) is 9.84. The molecule has 6 nitrogen and oxygen atoms in total. The average molecular weight is 487 g/mol. The summed E-state index contributed by atoms with van der Waals surface area (Å²) >= 11 is 0. The second kappa shape index (κ2) is 8.85. The quantitative estimate of drug-likeness (QED) is 0.505. The van der Waals surface area contributed by atoms with Crippen LogP contribution in [0.25, 0.3) is 0 Å². The van der Waals surface area contributed by atoms with Crippen molar-refractivity contribution in [3.05, 3.63) is 83.4 Å². The number of rotatable bonds is 6. The zero-order valence-corrected chi connectivity index (χ0v) is 19.9. The first-order valence-electron chi connectivity index (χ1n) is 11.7. The van der Waals surface area contributed by atoms with Crippen LogP contribution in [0.15, 0.2) is 55.1 Å². The summed E-state index contributed by atoms with van der Waals surface area (Å²) in [4.78, 5) is 3.95. The van der Waals surface area contributed by atoms with Gasteiger partial charge < -0.3 is 0 Å². The summed E-state index contributed by atoms with van der Waals surface area (Å²) in [7, 11) is -3.74. The Labute approximate surface area is 198 Å². The van der Waals surface area contributed by atoms with E-state index in [1.54, 1.807) is 23.1 Å². The van der Waals surface area contributed by atoms with Crippen molar-refractivity contribution in [3.63, 3.8) is 0 Å². The molecule has 1 aliphatic heterocycles. The highest BCUT2D eigenvalue weighted by Gasteiger charge is 2.43. The molecule has 1 aromatic heterocycles. The third kappa shape index (κ3) is 4.05. The first kappa shape index (κ1) is 23.1. The van der Waals surface area contributed by atoms with E-state index in [9.17, 15) is 8.42 Å². The van der Waals surface area contributed by atoms with E-state index in [2.05, 4.69) is 10.1 Å². The number of sulfonamides is 1. The van der Waals surface area contributed by atoms with Gasteiger partial charge in [-0.15, -0.1) is 0 Å². The van der Waals surface area contributed by atoms with E-state index < -0.39 is 32.3 Å². The number of aromatic nitrogens is 3. The minimum atomic E-state index is -3.74. The lowest BCUT2D eigenvalue weighted by Crippen LogP contribution is -2.45. The topological polar surface area (TPSA) is 68.1 Å². The molecule has 2 aliphatic rings. The van der Waals surface area contributed by atoms with Crippen LogP contribution in [-0.4, -0.2) is 33.5 Å². The van der Waals surface area contributed by atoms with Gasteiger partial charge in [-0.1, -0.05) is 36.8 Å². The van der Waals surface area contributed by atoms with E-state index in [0.717, 1.165) is 24.8 Å². The van der Waals surface area contributed by atoms with Crippen LogP contribution in [-0.2, 0) is 28.5 Å². The van der Waals surface area contributed by atoms with E-state index in [1.165, 1.54) is 22.8 Å². The van der Waals surface area contributed by atoms with Gasteiger partial charge in [0.05, 0.1) is 6.54 Å². The Kier molecular flexibility index (Phi) is 6.02. The van der Waals surface area contributed by atoms with E-state index in [0.29, 0.717) is 24.9 Å². The number of nitrogens with zero attached hydrogens (tertiary/aromatic N) is 4. The maximum atomic E-state index is 15.4. The molecule has 0 bridgehead atoms. The summed E-state index contributed by atoms with van der Waals surface area (Å²) in [6.07, 6.45) is 6.57. The Bertz CT molecular complexity index is 1260. The van der Waals surface area contributed by atoms with Crippen molar-refractivity contribution in [3.8, 4) is 0 Å². The fraction of sp³-hybridized carbons (Fsp3) is 0.440. The zero-order chi connectivity index (χ0) is 23.9. The summed E-state index contributed by atoms with van der Waals surface area (Å²) in [5.41, 5.74) is 0.578. The lowest BCUT2D eigenvalue weighted by molar-refractivity contribution is 0.193. The molecule has 0 N–H and O–H groups in total. The van der Waals surface area contributed by atoms with Crippen molar-refractivity contribution in [1.82, 2.24) is 19.1 Å². The molecular formula is C25H28F2N4O2S. The van der Waals surface area contributed by atoms with Crippen molar-refractivity contribution in [2.75, 3.05) is 0 Å². The standard InChI is InChI=1S/C25H28F2N4O2S/c1-18-8-9-24(19-6-3-2-4-7-19)34(32,33)31(18)14-20-12-23(27)21(13-22(20)26)25(10-5-11-25)15-30-17-28-16-29-30/h2-4,6-7,12-13,16-18,24H,5,8-11,14-15H2,1H3/t18-,24?/m0/s1. The summed E-state index contributed by atoms with van der Waals surface area (Å²) in [6.45, 7) is 2.06. The molecule has 2 heterocycles. The van der Waals surface area contributed by atoms with Gasteiger partial charge in [-0.3, -0.25) is 4.68 Å². The molecule has 1 saturated heterocycles. The smallest absolute Gasteiger partial charge is 0.221 e. The molecular weight excluding hydrogens is 458 g/mol. The molecule has 34 heavy (non-hydrogen) atoms. The maximum Gasteiger partial charge on any atom is 0.221 e. The monoisotopic (exact) mass is 486 g/mol. The molecule has 5 rings (SSSR count). The molecule has 1 unspecified atom stereocenters. The van der Waals surface area contributed by atoms with Gasteiger partial charge >= 0.3 is 0 Å². The van der Waals surface area contributed by atoms with Crippen LogP contribution in [0.4, 0.5) is 8.78 Å². The summed E-state index contributed by atoms with van der Waals surface area (Å²) < 4.78 is 60.6. The largest absolute Gasteiger partial charge is 0.252 e. The van der Waals surface area contributed by atoms with Crippen molar-refractivity contribution in [2.45, 2.75) is 68.8 Å². The van der Waals surface area contributed by atoms with Crippen LogP contribution in [0.3, 0.4) is 0 Å². The van der Waals surface area contributed by atoms with Gasteiger partial charge in [0.15, 0.2) is 0 Å². The first-order valence-corrected chi connectivity index (χ1v) is 13.2. The normalized spacial score (nSPS) is 24.0. The van der Waals surface area contributed by atoms with E-state index >= 15 is 8.78 Å². The van der Waals surface area contributed by atoms with Gasteiger partial charge in [-0.25, -0.2) is 22.2 Å². The fourth-order valence-electron chi connectivity index (χ4n) is 5.38. The Hall–Kier alpha value is -2.65. The second-order valence-corrected chi connectivity index (χ2v) is 11.6. The predicted molar refractivity (Wildman–Crippen MR) is 124 cm³/mol. The van der Waals surface area contributed by atoms with Crippen molar-refractivity contribution in [1.29, 1.82) is 0 Å². The Morgan fingerprint density at radius 1 is 1.09 bits per heavy atom. The third-order valence-electron chi connectivity index (χ3n) is 7.47.